The Morgan fingerprint density at radius 2 is 1.73 bits per heavy atom. The maximum Gasteiger partial charge on any atom is 0.416 e. The number of nitrogens with one attached hydrogen (secondary N) is 1. The molecule has 2 aromatic carbocycles. The summed E-state index contributed by atoms with van der Waals surface area (Å²) < 4.78 is 45.8. The van der Waals surface area contributed by atoms with Gasteiger partial charge in [0.05, 0.1) is 30.5 Å². The first-order valence-corrected chi connectivity index (χ1v) is 11.9. The highest BCUT2D eigenvalue weighted by Gasteiger charge is 2.31. The summed E-state index contributed by atoms with van der Waals surface area (Å²) in [5, 5.41) is 12.0. The Labute approximate surface area is 212 Å². The van der Waals surface area contributed by atoms with Gasteiger partial charge in [-0.05, 0) is 36.8 Å². The summed E-state index contributed by atoms with van der Waals surface area (Å²) >= 11 is 0. The number of halogens is 3. The number of ether oxygens (including phenoxy) is 1. The number of anilines is 2. The molecule has 5 rings (SSSR count). The number of rotatable bonds is 6. The van der Waals surface area contributed by atoms with Crippen LogP contribution in [0.25, 0.3) is 22.5 Å². The van der Waals surface area contributed by atoms with E-state index >= 15 is 0 Å². The third kappa shape index (κ3) is 5.69. The van der Waals surface area contributed by atoms with Crippen molar-refractivity contribution in [3.63, 3.8) is 0 Å². The Morgan fingerprint density at radius 3 is 2.49 bits per heavy atom. The van der Waals surface area contributed by atoms with Crippen LogP contribution in [-0.2, 0) is 10.9 Å². The Kier molecular flexibility index (Phi) is 7.00. The molecule has 1 aliphatic heterocycles. The molecule has 0 amide bonds. The standard InChI is InChI=1S/C27H25F3N6O/c1-18(19-6-3-2-4-7-19)32-26-31-11-10-23(33-26)22-17-24(36-12-14-37-15-13-36)34-35-25(22)20-8-5-9-21(16-20)27(28,29)30/h2-11,16-18H,12-15H2,1H3,(H,31,32,33). The molecule has 1 unspecified atom stereocenters. The molecule has 3 heterocycles. The molecule has 190 valence electrons. The first-order valence-electron chi connectivity index (χ1n) is 11.9. The predicted octanol–water partition coefficient (Wildman–Crippen LogP) is 5.63. The van der Waals surface area contributed by atoms with Gasteiger partial charge in [-0.25, -0.2) is 9.97 Å². The summed E-state index contributed by atoms with van der Waals surface area (Å²) in [6, 6.07) is 18.5. The fourth-order valence-electron chi connectivity index (χ4n) is 4.18. The zero-order chi connectivity index (χ0) is 25.8. The predicted molar refractivity (Wildman–Crippen MR) is 135 cm³/mol. The second kappa shape index (κ2) is 10.5. The minimum Gasteiger partial charge on any atom is -0.378 e. The maximum atomic E-state index is 13.4. The van der Waals surface area contributed by atoms with Gasteiger partial charge in [0.1, 0.15) is 5.69 Å². The molecule has 1 atom stereocenters. The Morgan fingerprint density at radius 1 is 0.946 bits per heavy atom. The molecule has 0 bridgehead atoms. The summed E-state index contributed by atoms with van der Waals surface area (Å²) in [4.78, 5) is 11.1. The summed E-state index contributed by atoms with van der Waals surface area (Å²) in [6.07, 6.45) is -2.86. The van der Waals surface area contributed by atoms with Crippen molar-refractivity contribution in [2.45, 2.75) is 19.1 Å². The van der Waals surface area contributed by atoms with E-state index in [-0.39, 0.29) is 6.04 Å². The monoisotopic (exact) mass is 506 g/mol. The summed E-state index contributed by atoms with van der Waals surface area (Å²) in [6.45, 7) is 4.41. The van der Waals surface area contributed by atoms with Crippen LogP contribution in [0.5, 0.6) is 0 Å². The Hall–Kier alpha value is -4.05. The smallest absolute Gasteiger partial charge is 0.378 e. The van der Waals surface area contributed by atoms with E-state index in [4.69, 9.17) is 9.72 Å². The van der Waals surface area contributed by atoms with Gasteiger partial charge in [0.25, 0.3) is 0 Å². The molecule has 2 aromatic heterocycles. The molecule has 0 spiro atoms. The van der Waals surface area contributed by atoms with Crippen molar-refractivity contribution in [1.29, 1.82) is 0 Å². The van der Waals surface area contributed by atoms with Crippen LogP contribution in [-0.4, -0.2) is 46.5 Å². The lowest BCUT2D eigenvalue weighted by Gasteiger charge is -2.28. The lowest BCUT2D eigenvalue weighted by molar-refractivity contribution is -0.137. The lowest BCUT2D eigenvalue weighted by atomic mass is 10.0. The highest BCUT2D eigenvalue weighted by Crippen LogP contribution is 2.36. The molecular weight excluding hydrogens is 481 g/mol. The number of aromatic nitrogens is 4. The summed E-state index contributed by atoms with van der Waals surface area (Å²) in [7, 11) is 0. The van der Waals surface area contributed by atoms with Crippen molar-refractivity contribution in [3.8, 4) is 22.5 Å². The fraction of sp³-hybridized carbons (Fsp3) is 0.259. The van der Waals surface area contributed by atoms with Crippen LogP contribution < -0.4 is 10.2 Å². The van der Waals surface area contributed by atoms with Crippen molar-refractivity contribution in [1.82, 2.24) is 20.2 Å². The molecule has 7 nitrogen and oxygen atoms in total. The van der Waals surface area contributed by atoms with Crippen LogP contribution in [0.1, 0.15) is 24.1 Å². The number of morpholine rings is 1. The van der Waals surface area contributed by atoms with E-state index in [1.54, 1.807) is 18.3 Å². The highest BCUT2D eigenvalue weighted by atomic mass is 19.4. The number of nitrogens with zero attached hydrogens (tertiary/aromatic N) is 5. The van der Waals surface area contributed by atoms with Crippen molar-refractivity contribution in [2.24, 2.45) is 0 Å². The first-order chi connectivity index (χ1) is 17.9. The summed E-state index contributed by atoms with van der Waals surface area (Å²) in [5.41, 5.74) is 2.02. The van der Waals surface area contributed by atoms with Gasteiger partial charge in [0, 0.05) is 30.4 Å². The number of hydrogen-bond acceptors (Lipinski definition) is 7. The molecule has 37 heavy (non-hydrogen) atoms. The first kappa shape index (κ1) is 24.6. The summed E-state index contributed by atoms with van der Waals surface area (Å²) in [5.74, 6) is 1.01. The molecule has 10 heteroatoms. The van der Waals surface area contributed by atoms with Gasteiger partial charge < -0.3 is 15.0 Å². The molecule has 0 aliphatic carbocycles. The topological polar surface area (TPSA) is 76.1 Å². The van der Waals surface area contributed by atoms with E-state index in [1.807, 2.05) is 48.2 Å². The Balaban J connectivity index is 1.56. The largest absolute Gasteiger partial charge is 0.416 e. The van der Waals surface area contributed by atoms with E-state index in [0.29, 0.717) is 60.6 Å². The number of benzene rings is 2. The van der Waals surface area contributed by atoms with Crippen molar-refractivity contribution >= 4 is 11.8 Å². The van der Waals surface area contributed by atoms with Gasteiger partial charge in [-0.1, -0.05) is 42.5 Å². The lowest BCUT2D eigenvalue weighted by Crippen LogP contribution is -2.36. The molecule has 0 radical (unpaired) electrons. The minimum absolute atomic E-state index is 0.0566. The SMILES string of the molecule is CC(Nc1nccc(-c2cc(N3CCOCC3)nnc2-c2cccc(C(F)(F)F)c2)n1)c1ccccc1. The van der Waals surface area contributed by atoms with Crippen molar-refractivity contribution in [2.75, 3.05) is 36.5 Å². The van der Waals surface area contributed by atoms with Gasteiger partial charge in [0.2, 0.25) is 5.95 Å². The number of alkyl halides is 3. The van der Waals surface area contributed by atoms with E-state index in [0.717, 1.165) is 17.7 Å². The minimum atomic E-state index is -4.48. The highest BCUT2D eigenvalue weighted by molar-refractivity contribution is 5.81. The van der Waals surface area contributed by atoms with Crippen LogP contribution in [0, 0.1) is 0 Å². The van der Waals surface area contributed by atoms with Gasteiger partial charge in [-0.15, -0.1) is 10.2 Å². The van der Waals surface area contributed by atoms with Crippen LogP contribution in [0.3, 0.4) is 0 Å². The fourth-order valence-corrected chi connectivity index (χ4v) is 4.18. The molecule has 1 N–H and O–H groups in total. The molecule has 4 aromatic rings. The van der Waals surface area contributed by atoms with E-state index in [2.05, 4.69) is 20.5 Å². The van der Waals surface area contributed by atoms with Crippen molar-refractivity contribution < 1.29 is 17.9 Å². The van der Waals surface area contributed by atoms with Gasteiger partial charge in [-0.3, -0.25) is 0 Å². The molecule has 0 saturated carbocycles. The van der Waals surface area contributed by atoms with E-state index in [1.165, 1.54) is 6.07 Å². The van der Waals surface area contributed by atoms with Crippen LogP contribution in [0.2, 0.25) is 0 Å². The second-order valence-electron chi connectivity index (χ2n) is 8.68. The van der Waals surface area contributed by atoms with E-state index in [9.17, 15) is 13.2 Å². The maximum absolute atomic E-state index is 13.4. The van der Waals surface area contributed by atoms with Crippen LogP contribution in [0.15, 0.2) is 72.9 Å². The zero-order valence-corrected chi connectivity index (χ0v) is 20.1. The molecule has 1 saturated heterocycles. The van der Waals surface area contributed by atoms with Crippen LogP contribution >= 0.6 is 0 Å². The van der Waals surface area contributed by atoms with Crippen LogP contribution in [0.4, 0.5) is 24.9 Å². The zero-order valence-electron chi connectivity index (χ0n) is 20.1. The number of hydrogen-bond donors (Lipinski definition) is 1. The average Bonchev–Trinajstić information content (AvgIpc) is 2.93. The Bertz CT molecular complexity index is 1360. The molecule has 1 aliphatic rings. The average molecular weight is 507 g/mol. The van der Waals surface area contributed by atoms with Gasteiger partial charge in [0.15, 0.2) is 5.82 Å². The molecule has 1 fully saturated rings. The third-order valence-corrected chi connectivity index (χ3v) is 6.16. The van der Waals surface area contributed by atoms with Crippen molar-refractivity contribution in [3.05, 3.63) is 84.1 Å². The second-order valence-corrected chi connectivity index (χ2v) is 8.68. The van der Waals surface area contributed by atoms with E-state index < -0.39 is 11.7 Å². The molecular formula is C27H25F3N6O. The quantitative estimate of drug-likeness (QED) is 0.363. The normalized spacial score (nSPS) is 14.9. The van der Waals surface area contributed by atoms with Gasteiger partial charge in [-0.2, -0.15) is 13.2 Å². The van der Waals surface area contributed by atoms with Gasteiger partial charge >= 0.3 is 6.18 Å². The third-order valence-electron chi connectivity index (χ3n) is 6.16.